The normalized spacial score (nSPS) is 18.6. The molecule has 1 aromatic heterocycles. The van der Waals surface area contributed by atoms with Crippen LogP contribution in [0.1, 0.15) is 23.6 Å². The highest BCUT2D eigenvalue weighted by Gasteiger charge is 2.38. The van der Waals surface area contributed by atoms with Crippen LogP contribution in [0.25, 0.3) is 16.6 Å². The van der Waals surface area contributed by atoms with Crippen LogP contribution < -0.4 is 0 Å². The molecule has 1 aliphatic heterocycles. The SMILES string of the molecule is Cc1cc2c(cnn2-c2ccc(F)cc2)cc1C1CN(S(=O)(=O)N(C)C)CCN1CCC(F)(F)F. The number of alkyl halides is 3. The van der Waals surface area contributed by atoms with Gasteiger partial charge in [0.25, 0.3) is 10.2 Å². The monoisotopic (exact) mass is 513 g/mol. The summed E-state index contributed by atoms with van der Waals surface area (Å²) < 4.78 is 82.0. The largest absolute Gasteiger partial charge is 0.390 e. The lowest BCUT2D eigenvalue weighted by atomic mass is 9.96. The molecular weight excluding hydrogens is 486 g/mol. The molecule has 0 bridgehead atoms. The Morgan fingerprint density at radius 1 is 1.11 bits per heavy atom. The van der Waals surface area contributed by atoms with E-state index in [-0.39, 0.29) is 32.0 Å². The number of benzene rings is 2. The maximum absolute atomic E-state index is 13.3. The molecule has 2 heterocycles. The van der Waals surface area contributed by atoms with Gasteiger partial charge in [0, 0.05) is 51.7 Å². The quantitative estimate of drug-likeness (QED) is 0.470. The molecule has 3 aromatic rings. The second-order valence-electron chi connectivity index (χ2n) is 8.87. The first-order valence-corrected chi connectivity index (χ1v) is 12.5. The smallest absolute Gasteiger partial charge is 0.293 e. The molecule has 1 fully saturated rings. The summed E-state index contributed by atoms with van der Waals surface area (Å²) in [6, 6.07) is 9.06. The van der Waals surface area contributed by atoms with Gasteiger partial charge in [-0.2, -0.15) is 35.3 Å². The summed E-state index contributed by atoms with van der Waals surface area (Å²) in [6.07, 6.45) is -3.65. The van der Waals surface area contributed by atoms with Crippen molar-refractivity contribution in [1.29, 1.82) is 0 Å². The van der Waals surface area contributed by atoms with Crippen LogP contribution in [0, 0.1) is 12.7 Å². The summed E-state index contributed by atoms with van der Waals surface area (Å²) in [5, 5.41) is 5.15. The lowest BCUT2D eigenvalue weighted by molar-refractivity contribution is -0.140. The maximum atomic E-state index is 13.3. The van der Waals surface area contributed by atoms with Crippen molar-refractivity contribution < 1.29 is 26.0 Å². The first-order valence-electron chi connectivity index (χ1n) is 11.1. The van der Waals surface area contributed by atoms with Gasteiger partial charge in [-0.25, -0.2) is 9.07 Å². The molecule has 190 valence electrons. The Labute approximate surface area is 201 Å². The fraction of sp³-hybridized carbons (Fsp3) is 0.435. The lowest BCUT2D eigenvalue weighted by Crippen LogP contribution is -2.53. The third-order valence-corrected chi connectivity index (χ3v) is 8.22. The van der Waals surface area contributed by atoms with Crippen molar-refractivity contribution in [2.45, 2.75) is 25.6 Å². The van der Waals surface area contributed by atoms with Crippen LogP contribution in [0.15, 0.2) is 42.6 Å². The molecule has 0 N–H and O–H groups in total. The van der Waals surface area contributed by atoms with E-state index in [0.717, 1.165) is 26.3 Å². The Morgan fingerprint density at radius 2 is 1.80 bits per heavy atom. The lowest BCUT2D eigenvalue weighted by Gasteiger charge is -2.42. The summed E-state index contributed by atoms with van der Waals surface area (Å²) in [7, 11) is -0.864. The van der Waals surface area contributed by atoms with E-state index in [9.17, 15) is 26.0 Å². The minimum atomic E-state index is -4.31. The van der Waals surface area contributed by atoms with Gasteiger partial charge in [-0.15, -0.1) is 0 Å². The minimum Gasteiger partial charge on any atom is -0.293 e. The van der Waals surface area contributed by atoms with E-state index in [1.54, 1.807) is 27.9 Å². The van der Waals surface area contributed by atoms with Gasteiger partial charge in [0.2, 0.25) is 0 Å². The molecule has 7 nitrogen and oxygen atoms in total. The molecule has 1 saturated heterocycles. The molecular formula is C23H27F4N5O2S. The first kappa shape index (κ1) is 25.5. The highest BCUT2D eigenvalue weighted by Crippen LogP contribution is 2.34. The molecule has 0 amide bonds. The molecule has 4 rings (SSSR count). The fourth-order valence-electron chi connectivity index (χ4n) is 4.41. The minimum absolute atomic E-state index is 0.0385. The van der Waals surface area contributed by atoms with Gasteiger partial charge in [-0.3, -0.25) is 4.90 Å². The second kappa shape index (κ2) is 9.49. The van der Waals surface area contributed by atoms with Crippen molar-refractivity contribution in [3.8, 4) is 5.69 Å². The van der Waals surface area contributed by atoms with E-state index >= 15 is 0 Å². The molecule has 1 atom stereocenters. The Bertz CT molecular complexity index is 1310. The Kier molecular flexibility index (Phi) is 6.93. The second-order valence-corrected chi connectivity index (χ2v) is 11.0. The molecule has 0 spiro atoms. The van der Waals surface area contributed by atoms with Gasteiger partial charge >= 0.3 is 6.18 Å². The van der Waals surface area contributed by atoms with E-state index in [1.807, 2.05) is 19.1 Å². The van der Waals surface area contributed by atoms with Crippen molar-refractivity contribution in [2.24, 2.45) is 0 Å². The van der Waals surface area contributed by atoms with E-state index in [1.165, 1.54) is 30.5 Å². The molecule has 0 aliphatic carbocycles. The fourth-order valence-corrected chi connectivity index (χ4v) is 5.52. The van der Waals surface area contributed by atoms with Crippen LogP contribution in [-0.2, 0) is 10.2 Å². The van der Waals surface area contributed by atoms with Gasteiger partial charge in [0.05, 0.1) is 23.8 Å². The zero-order valence-corrected chi connectivity index (χ0v) is 20.4. The molecule has 2 aromatic carbocycles. The van der Waals surface area contributed by atoms with E-state index in [4.69, 9.17) is 0 Å². The molecule has 1 aliphatic rings. The van der Waals surface area contributed by atoms with Crippen molar-refractivity contribution in [3.05, 3.63) is 59.5 Å². The predicted octanol–water partition coefficient (Wildman–Crippen LogP) is 3.89. The molecule has 35 heavy (non-hydrogen) atoms. The summed E-state index contributed by atoms with van der Waals surface area (Å²) in [5.41, 5.74) is 2.97. The number of rotatable bonds is 6. The molecule has 1 unspecified atom stereocenters. The number of piperazine rings is 1. The van der Waals surface area contributed by atoms with Gasteiger partial charge in [0.15, 0.2) is 0 Å². The highest BCUT2D eigenvalue weighted by molar-refractivity contribution is 7.86. The standard InChI is InChI=1S/C23H27F4N5O2S/c1-16-12-21-17(14-28-32(21)19-6-4-18(24)5-7-19)13-20(16)22-15-31(35(33,34)29(2)3)11-10-30(22)9-8-23(25,26)27/h4-7,12-14,22H,8-11,15H2,1-3H3. The first-order chi connectivity index (χ1) is 16.4. The summed E-state index contributed by atoms with van der Waals surface area (Å²) in [6.45, 7) is 1.95. The van der Waals surface area contributed by atoms with Gasteiger partial charge in [-0.1, -0.05) is 0 Å². The number of hydrogen-bond acceptors (Lipinski definition) is 4. The van der Waals surface area contributed by atoms with Crippen LogP contribution >= 0.6 is 0 Å². The highest BCUT2D eigenvalue weighted by atomic mass is 32.2. The summed E-state index contributed by atoms with van der Waals surface area (Å²) in [5.74, 6) is -0.364. The van der Waals surface area contributed by atoms with Crippen LogP contribution in [0.4, 0.5) is 17.6 Å². The molecule has 0 radical (unpaired) electrons. The van der Waals surface area contributed by atoms with Crippen molar-refractivity contribution >= 4 is 21.1 Å². The van der Waals surface area contributed by atoms with Crippen LogP contribution in [0.5, 0.6) is 0 Å². The number of hydrogen-bond donors (Lipinski definition) is 0. The zero-order valence-electron chi connectivity index (χ0n) is 19.6. The number of aryl methyl sites for hydroxylation is 1. The van der Waals surface area contributed by atoms with Gasteiger partial charge < -0.3 is 0 Å². The van der Waals surface area contributed by atoms with Crippen molar-refractivity contribution in [1.82, 2.24) is 23.3 Å². The van der Waals surface area contributed by atoms with Crippen LogP contribution in [-0.4, -0.2) is 78.2 Å². The number of aromatic nitrogens is 2. The molecule has 12 heteroatoms. The van der Waals surface area contributed by atoms with Gasteiger partial charge in [0.1, 0.15) is 5.82 Å². The summed E-state index contributed by atoms with van der Waals surface area (Å²) >= 11 is 0. The number of nitrogens with zero attached hydrogens (tertiary/aromatic N) is 5. The van der Waals surface area contributed by atoms with Crippen molar-refractivity contribution in [3.63, 3.8) is 0 Å². The van der Waals surface area contributed by atoms with Crippen molar-refractivity contribution in [2.75, 3.05) is 40.3 Å². The number of halogens is 4. The van der Waals surface area contributed by atoms with Gasteiger partial charge in [-0.05, 0) is 54.4 Å². The van der Waals surface area contributed by atoms with E-state index in [2.05, 4.69) is 5.10 Å². The Hall–Kier alpha value is -2.54. The van der Waals surface area contributed by atoms with Crippen LogP contribution in [0.2, 0.25) is 0 Å². The summed E-state index contributed by atoms with van der Waals surface area (Å²) in [4.78, 5) is 1.70. The number of fused-ring (bicyclic) bond motifs is 1. The van der Waals surface area contributed by atoms with E-state index < -0.39 is 28.8 Å². The third kappa shape index (κ3) is 5.35. The maximum Gasteiger partial charge on any atom is 0.390 e. The molecule has 0 saturated carbocycles. The topological polar surface area (TPSA) is 61.7 Å². The van der Waals surface area contributed by atoms with E-state index in [0.29, 0.717) is 5.69 Å². The zero-order chi connectivity index (χ0) is 25.5. The van der Waals surface area contributed by atoms with Crippen LogP contribution in [0.3, 0.4) is 0 Å². The average molecular weight is 514 g/mol. The average Bonchev–Trinajstić information content (AvgIpc) is 3.19. The predicted molar refractivity (Wildman–Crippen MR) is 125 cm³/mol. The Morgan fingerprint density at radius 3 is 2.43 bits per heavy atom. The Balaban J connectivity index is 1.73. The third-order valence-electron chi connectivity index (χ3n) is 6.31.